The number of nitrogens with zero attached hydrogens (tertiary/aromatic N) is 1. The smallest absolute Gasteiger partial charge is 0.321 e. The van der Waals surface area contributed by atoms with E-state index in [4.69, 9.17) is 10.2 Å². The van der Waals surface area contributed by atoms with Gasteiger partial charge in [-0.2, -0.15) is 4.72 Å². The van der Waals surface area contributed by atoms with Crippen molar-refractivity contribution in [2.24, 2.45) is 0 Å². The molecular weight excluding hydrogens is 290 g/mol. The Morgan fingerprint density at radius 1 is 1.45 bits per heavy atom. The second-order valence-corrected chi connectivity index (χ2v) is 5.67. The maximum atomic E-state index is 11.9. The maximum absolute atomic E-state index is 11.9. The molecule has 0 radical (unpaired) electrons. The third kappa shape index (κ3) is 4.31. The first-order valence-corrected chi connectivity index (χ1v) is 7.25. The Labute approximate surface area is 115 Å². The van der Waals surface area contributed by atoms with Crippen molar-refractivity contribution in [3.8, 4) is 0 Å². The summed E-state index contributed by atoms with van der Waals surface area (Å²) in [6, 6.07) is -1.51. The van der Waals surface area contributed by atoms with Crippen LogP contribution < -0.4 is 4.72 Å². The Hall–Kier alpha value is -1.94. The number of imidazole rings is 1. The minimum absolute atomic E-state index is 0.254. The van der Waals surface area contributed by atoms with Gasteiger partial charge in [-0.25, -0.2) is 13.4 Å². The highest BCUT2D eigenvalue weighted by atomic mass is 32.2. The molecule has 1 heterocycles. The molecule has 0 aliphatic rings. The van der Waals surface area contributed by atoms with Gasteiger partial charge in [-0.1, -0.05) is 6.92 Å². The van der Waals surface area contributed by atoms with Crippen molar-refractivity contribution >= 4 is 22.0 Å². The van der Waals surface area contributed by atoms with Gasteiger partial charge >= 0.3 is 11.9 Å². The van der Waals surface area contributed by atoms with Gasteiger partial charge < -0.3 is 15.2 Å². The maximum Gasteiger partial charge on any atom is 0.321 e. The molecule has 0 aliphatic heterocycles. The van der Waals surface area contributed by atoms with E-state index < -0.39 is 34.4 Å². The standard InChI is InChI=1S/C10H15N3O6S/c1-2-7-11-5-8(12-7)20(18,19)13-6(10(16)17)3-4-9(14)15/h5-6,13H,2-4H2,1H3,(H,11,12)(H,14,15)(H,16,17). The molecule has 0 bridgehead atoms. The first kappa shape index (κ1) is 16.1. The van der Waals surface area contributed by atoms with E-state index in [1.807, 2.05) is 4.72 Å². The fourth-order valence-electron chi connectivity index (χ4n) is 1.41. The van der Waals surface area contributed by atoms with Crippen LogP contribution in [0.25, 0.3) is 0 Å². The summed E-state index contributed by atoms with van der Waals surface area (Å²) < 4.78 is 25.8. The number of carbonyl (C=O) groups is 2. The summed E-state index contributed by atoms with van der Waals surface area (Å²) in [5.74, 6) is -2.20. The lowest BCUT2D eigenvalue weighted by molar-refractivity contribution is -0.140. The minimum Gasteiger partial charge on any atom is -0.481 e. The molecule has 1 aromatic rings. The van der Waals surface area contributed by atoms with E-state index >= 15 is 0 Å². The molecule has 0 spiro atoms. The zero-order chi connectivity index (χ0) is 15.3. The van der Waals surface area contributed by atoms with Crippen LogP contribution >= 0.6 is 0 Å². The molecule has 1 rings (SSSR count). The molecule has 0 saturated carbocycles. The number of aromatic nitrogens is 2. The average molecular weight is 305 g/mol. The fourth-order valence-corrected chi connectivity index (χ4v) is 2.57. The first-order chi connectivity index (χ1) is 9.26. The molecule has 1 aromatic heterocycles. The van der Waals surface area contributed by atoms with Crippen LogP contribution in [0.4, 0.5) is 0 Å². The molecule has 1 atom stereocenters. The van der Waals surface area contributed by atoms with Crippen molar-refractivity contribution in [1.82, 2.24) is 14.7 Å². The normalized spacial score (nSPS) is 13.1. The highest BCUT2D eigenvalue weighted by Crippen LogP contribution is 2.09. The quantitative estimate of drug-likeness (QED) is 0.509. The topological polar surface area (TPSA) is 149 Å². The SMILES string of the molecule is CCc1ncc(S(=O)(=O)NC(CCC(=O)O)C(=O)O)[nH]1. The van der Waals surface area contributed by atoms with Gasteiger partial charge in [0.05, 0.1) is 6.20 Å². The van der Waals surface area contributed by atoms with Crippen LogP contribution in [0.1, 0.15) is 25.6 Å². The molecule has 0 aromatic carbocycles. The van der Waals surface area contributed by atoms with Crippen LogP contribution in [0, 0.1) is 0 Å². The van der Waals surface area contributed by atoms with E-state index in [-0.39, 0.29) is 11.4 Å². The summed E-state index contributed by atoms with van der Waals surface area (Å²) >= 11 is 0. The van der Waals surface area contributed by atoms with E-state index in [0.717, 1.165) is 6.20 Å². The minimum atomic E-state index is -4.08. The number of carboxylic acids is 2. The van der Waals surface area contributed by atoms with Gasteiger partial charge in [0.1, 0.15) is 11.9 Å². The number of hydrogen-bond acceptors (Lipinski definition) is 5. The number of nitrogens with one attached hydrogen (secondary N) is 2. The number of rotatable bonds is 8. The van der Waals surface area contributed by atoms with Gasteiger partial charge in [0.25, 0.3) is 10.0 Å². The molecule has 10 heteroatoms. The number of H-pyrrole nitrogens is 1. The molecular formula is C10H15N3O6S. The van der Waals surface area contributed by atoms with Gasteiger partial charge in [0.15, 0.2) is 5.03 Å². The summed E-state index contributed by atoms with van der Waals surface area (Å²) in [6.07, 6.45) is 0.773. The Morgan fingerprint density at radius 2 is 2.10 bits per heavy atom. The van der Waals surface area contributed by atoms with Crippen LogP contribution in [-0.4, -0.2) is 46.6 Å². The number of aromatic amines is 1. The number of sulfonamides is 1. The Kier molecular flexibility index (Phi) is 5.22. The molecule has 0 aliphatic carbocycles. The second kappa shape index (κ2) is 6.48. The number of carboxylic acid groups (broad SMARTS) is 2. The van der Waals surface area contributed by atoms with Crippen molar-refractivity contribution in [2.45, 2.75) is 37.3 Å². The third-order valence-electron chi connectivity index (χ3n) is 2.47. The summed E-state index contributed by atoms with van der Waals surface area (Å²) in [7, 11) is -4.08. The molecule has 0 fully saturated rings. The molecule has 9 nitrogen and oxygen atoms in total. The van der Waals surface area contributed by atoms with Gasteiger partial charge in [0.2, 0.25) is 0 Å². The van der Waals surface area contributed by atoms with Crippen molar-refractivity contribution in [3.63, 3.8) is 0 Å². The molecule has 0 saturated heterocycles. The van der Waals surface area contributed by atoms with E-state index in [9.17, 15) is 18.0 Å². The lowest BCUT2D eigenvalue weighted by atomic mass is 10.2. The van der Waals surface area contributed by atoms with Crippen LogP contribution in [0.2, 0.25) is 0 Å². The number of hydrogen-bond donors (Lipinski definition) is 4. The molecule has 0 amide bonds. The highest BCUT2D eigenvalue weighted by Gasteiger charge is 2.27. The highest BCUT2D eigenvalue weighted by molar-refractivity contribution is 7.89. The van der Waals surface area contributed by atoms with Crippen LogP contribution in [0.5, 0.6) is 0 Å². The lowest BCUT2D eigenvalue weighted by Crippen LogP contribution is -2.41. The molecule has 112 valence electrons. The fraction of sp³-hybridized carbons (Fsp3) is 0.500. The Bertz CT molecular complexity index is 594. The number of aliphatic carboxylic acids is 2. The monoisotopic (exact) mass is 305 g/mol. The number of aryl methyl sites for hydroxylation is 1. The van der Waals surface area contributed by atoms with Crippen molar-refractivity contribution in [2.75, 3.05) is 0 Å². The van der Waals surface area contributed by atoms with Gasteiger partial charge in [-0.05, 0) is 6.42 Å². The predicted octanol–water partition coefficient (Wildman–Crippen LogP) is -0.432. The lowest BCUT2D eigenvalue weighted by Gasteiger charge is -2.12. The summed E-state index contributed by atoms with van der Waals surface area (Å²) in [5.41, 5.74) is 0. The van der Waals surface area contributed by atoms with E-state index in [1.165, 1.54) is 0 Å². The van der Waals surface area contributed by atoms with Crippen LogP contribution in [0.3, 0.4) is 0 Å². The van der Waals surface area contributed by atoms with Crippen LogP contribution in [-0.2, 0) is 26.0 Å². The van der Waals surface area contributed by atoms with Crippen molar-refractivity contribution in [1.29, 1.82) is 0 Å². The molecule has 20 heavy (non-hydrogen) atoms. The van der Waals surface area contributed by atoms with Crippen LogP contribution in [0.15, 0.2) is 11.2 Å². The largest absolute Gasteiger partial charge is 0.481 e. The molecule has 1 unspecified atom stereocenters. The van der Waals surface area contributed by atoms with E-state index in [1.54, 1.807) is 6.92 Å². The third-order valence-corrected chi connectivity index (χ3v) is 3.85. The second-order valence-electron chi connectivity index (χ2n) is 3.99. The zero-order valence-corrected chi connectivity index (χ0v) is 11.5. The Balaban J connectivity index is 2.85. The van der Waals surface area contributed by atoms with Crippen molar-refractivity contribution < 1.29 is 28.2 Å². The van der Waals surface area contributed by atoms with E-state index in [2.05, 4.69) is 9.97 Å². The predicted molar refractivity (Wildman–Crippen MR) is 66.6 cm³/mol. The van der Waals surface area contributed by atoms with Gasteiger partial charge in [0, 0.05) is 12.8 Å². The summed E-state index contributed by atoms with van der Waals surface area (Å²) in [6.45, 7) is 1.77. The van der Waals surface area contributed by atoms with Gasteiger partial charge in [-0.3, -0.25) is 9.59 Å². The van der Waals surface area contributed by atoms with Crippen molar-refractivity contribution in [3.05, 3.63) is 12.0 Å². The summed E-state index contributed by atoms with van der Waals surface area (Å²) in [4.78, 5) is 27.7. The summed E-state index contributed by atoms with van der Waals surface area (Å²) in [5, 5.41) is 17.2. The zero-order valence-electron chi connectivity index (χ0n) is 10.7. The average Bonchev–Trinajstić information content (AvgIpc) is 2.83. The molecule has 4 N–H and O–H groups in total. The first-order valence-electron chi connectivity index (χ1n) is 5.77. The Morgan fingerprint density at radius 3 is 2.55 bits per heavy atom. The van der Waals surface area contributed by atoms with Gasteiger partial charge in [-0.15, -0.1) is 0 Å². The van der Waals surface area contributed by atoms with E-state index in [0.29, 0.717) is 12.2 Å².